The molecule has 0 aromatic carbocycles. The van der Waals surface area contributed by atoms with Crippen LogP contribution < -0.4 is 10.6 Å². The van der Waals surface area contributed by atoms with Gasteiger partial charge in [-0.2, -0.15) is 0 Å². The molecule has 16 heavy (non-hydrogen) atoms. The Morgan fingerprint density at radius 3 is 2.50 bits per heavy atom. The zero-order valence-electron chi connectivity index (χ0n) is 10.9. The Morgan fingerprint density at radius 1 is 1.50 bits per heavy atom. The third-order valence-corrected chi connectivity index (χ3v) is 2.59. The fourth-order valence-electron chi connectivity index (χ4n) is 1.53. The summed E-state index contributed by atoms with van der Waals surface area (Å²) < 4.78 is 0. The van der Waals surface area contributed by atoms with Crippen LogP contribution in [-0.4, -0.2) is 44.2 Å². The van der Waals surface area contributed by atoms with Gasteiger partial charge in [-0.25, -0.2) is 4.79 Å². The number of hydrogen-bond acceptors (Lipinski definition) is 2. The fourth-order valence-corrected chi connectivity index (χ4v) is 1.53. The van der Waals surface area contributed by atoms with E-state index in [1.165, 1.54) is 0 Å². The second-order valence-corrected chi connectivity index (χ2v) is 4.98. The van der Waals surface area contributed by atoms with Gasteiger partial charge in [-0.15, -0.1) is 6.42 Å². The zero-order valence-corrected chi connectivity index (χ0v) is 10.9. The highest BCUT2D eigenvalue weighted by atomic mass is 16.2. The monoisotopic (exact) mass is 225 g/mol. The number of nitrogens with one attached hydrogen (secondary N) is 2. The van der Waals surface area contributed by atoms with E-state index in [1.54, 1.807) is 0 Å². The first-order chi connectivity index (χ1) is 7.29. The van der Waals surface area contributed by atoms with Gasteiger partial charge in [-0.1, -0.05) is 19.8 Å². The highest BCUT2D eigenvalue weighted by Gasteiger charge is 2.27. The smallest absolute Gasteiger partial charge is 0.315 e. The molecule has 0 spiro atoms. The van der Waals surface area contributed by atoms with Crippen LogP contribution in [-0.2, 0) is 0 Å². The van der Waals surface area contributed by atoms with Crippen LogP contribution in [0.3, 0.4) is 0 Å². The molecule has 0 heterocycles. The first-order valence-electron chi connectivity index (χ1n) is 5.42. The standard InChI is InChI=1S/C12H23N3O/c1-7-8-13-11(16)14-10(2)12(3,4)9-15(5)6/h1,10H,8-9H2,2-6H3,(H2,13,14,16). The highest BCUT2D eigenvalue weighted by Crippen LogP contribution is 2.20. The Bertz CT molecular complexity index is 266. The van der Waals surface area contributed by atoms with E-state index in [-0.39, 0.29) is 24.0 Å². The van der Waals surface area contributed by atoms with Gasteiger partial charge in [0.2, 0.25) is 0 Å². The van der Waals surface area contributed by atoms with Crippen LogP contribution in [0.15, 0.2) is 0 Å². The van der Waals surface area contributed by atoms with Crippen molar-refractivity contribution in [2.45, 2.75) is 26.8 Å². The Hall–Kier alpha value is -1.21. The lowest BCUT2D eigenvalue weighted by atomic mass is 9.85. The molecule has 0 aromatic heterocycles. The summed E-state index contributed by atoms with van der Waals surface area (Å²) in [6, 6.07) is -0.134. The number of rotatable bonds is 5. The molecule has 0 saturated heterocycles. The van der Waals surface area contributed by atoms with Crippen LogP contribution in [0, 0.1) is 17.8 Å². The van der Waals surface area contributed by atoms with Gasteiger partial charge in [0, 0.05) is 12.6 Å². The largest absolute Gasteiger partial charge is 0.335 e. The van der Waals surface area contributed by atoms with E-state index in [0.29, 0.717) is 0 Å². The van der Waals surface area contributed by atoms with Gasteiger partial charge in [0.25, 0.3) is 0 Å². The van der Waals surface area contributed by atoms with Crippen molar-refractivity contribution in [2.75, 3.05) is 27.2 Å². The minimum atomic E-state index is -0.211. The molecule has 0 aliphatic rings. The summed E-state index contributed by atoms with van der Waals surface area (Å²) >= 11 is 0. The third-order valence-electron chi connectivity index (χ3n) is 2.59. The predicted molar refractivity (Wildman–Crippen MR) is 67.2 cm³/mol. The van der Waals surface area contributed by atoms with Crippen molar-refractivity contribution in [3.05, 3.63) is 0 Å². The molecule has 1 atom stereocenters. The quantitative estimate of drug-likeness (QED) is 0.683. The van der Waals surface area contributed by atoms with Gasteiger partial charge in [-0.05, 0) is 26.4 Å². The number of carbonyl (C=O) groups is 1. The lowest BCUT2D eigenvalue weighted by Crippen LogP contribution is -2.50. The van der Waals surface area contributed by atoms with Gasteiger partial charge >= 0.3 is 6.03 Å². The minimum absolute atomic E-state index is 0.0109. The summed E-state index contributed by atoms with van der Waals surface area (Å²) in [5.74, 6) is 2.36. The summed E-state index contributed by atoms with van der Waals surface area (Å²) in [5, 5.41) is 5.48. The van der Waals surface area contributed by atoms with Crippen LogP contribution in [0.2, 0.25) is 0 Å². The van der Waals surface area contributed by atoms with E-state index in [1.807, 2.05) is 21.0 Å². The molecule has 2 N–H and O–H groups in total. The molecule has 0 fully saturated rings. The van der Waals surface area contributed by atoms with Crippen molar-refractivity contribution >= 4 is 6.03 Å². The summed E-state index contributed by atoms with van der Waals surface area (Å²) in [4.78, 5) is 13.5. The number of urea groups is 1. The molecular formula is C12H23N3O. The SMILES string of the molecule is C#CCNC(=O)NC(C)C(C)(C)CN(C)C. The third kappa shape index (κ3) is 5.62. The van der Waals surface area contributed by atoms with Crippen molar-refractivity contribution in [2.24, 2.45) is 5.41 Å². The van der Waals surface area contributed by atoms with Gasteiger partial charge in [0.1, 0.15) is 0 Å². The van der Waals surface area contributed by atoms with E-state index in [9.17, 15) is 4.79 Å². The topological polar surface area (TPSA) is 44.4 Å². The molecule has 0 radical (unpaired) electrons. The molecule has 0 aromatic rings. The van der Waals surface area contributed by atoms with Crippen molar-refractivity contribution in [1.82, 2.24) is 15.5 Å². The van der Waals surface area contributed by atoms with E-state index < -0.39 is 0 Å². The number of terminal acetylenes is 1. The molecule has 0 rings (SSSR count). The molecule has 0 aliphatic heterocycles. The maximum Gasteiger partial charge on any atom is 0.315 e. The first kappa shape index (κ1) is 14.8. The van der Waals surface area contributed by atoms with Gasteiger partial charge in [0.05, 0.1) is 6.54 Å². The average molecular weight is 225 g/mol. The van der Waals surface area contributed by atoms with E-state index >= 15 is 0 Å². The second-order valence-electron chi connectivity index (χ2n) is 4.98. The summed E-state index contributed by atoms with van der Waals surface area (Å²) in [6.45, 7) is 7.41. The normalized spacial score (nSPS) is 13.1. The number of hydrogen-bond donors (Lipinski definition) is 2. The zero-order chi connectivity index (χ0) is 12.8. The van der Waals surface area contributed by atoms with Crippen molar-refractivity contribution in [3.63, 3.8) is 0 Å². The van der Waals surface area contributed by atoms with Gasteiger partial charge in [0.15, 0.2) is 0 Å². The van der Waals surface area contributed by atoms with Crippen LogP contribution in [0.4, 0.5) is 4.79 Å². The molecule has 1 unspecified atom stereocenters. The molecule has 2 amide bonds. The van der Waals surface area contributed by atoms with E-state index in [0.717, 1.165) is 6.54 Å². The maximum absolute atomic E-state index is 11.4. The maximum atomic E-state index is 11.4. The van der Waals surface area contributed by atoms with Gasteiger partial charge < -0.3 is 15.5 Å². The number of carbonyl (C=O) groups excluding carboxylic acids is 1. The summed E-state index contributed by atoms with van der Waals surface area (Å²) in [7, 11) is 4.04. The molecule has 0 bridgehead atoms. The Morgan fingerprint density at radius 2 is 2.06 bits per heavy atom. The van der Waals surface area contributed by atoms with E-state index in [2.05, 4.69) is 35.3 Å². The fraction of sp³-hybridized carbons (Fsp3) is 0.750. The molecular weight excluding hydrogens is 202 g/mol. The van der Waals surface area contributed by atoms with Crippen molar-refractivity contribution < 1.29 is 4.79 Å². The predicted octanol–water partition coefficient (Wildman–Crippen LogP) is 0.895. The number of amides is 2. The number of nitrogens with zero attached hydrogens (tertiary/aromatic N) is 1. The van der Waals surface area contributed by atoms with Crippen molar-refractivity contribution in [1.29, 1.82) is 0 Å². The van der Waals surface area contributed by atoms with Crippen LogP contribution in [0.1, 0.15) is 20.8 Å². The Balaban J connectivity index is 4.18. The summed E-state index contributed by atoms with van der Waals surface area (Å²) in [6.07, 6.45) is 5.06. The van der Waals surface area contributed by atoms with Crippen molar-refractivity contribution in [3.8, 4) is 12.3 Å². The highest BCUT2D eigenvalue weighted by molar-refractivity contribution is 5.74. The van der Waals surface area contributed by atoms with E-state index in [4.69, 9.17) is 6.42 Å². The van der Waals surface area contributed by atoms with Crippen LogP contribution in [0.25, 0.3) is 0 Å². The Labute approximate surface area is 98.8 Å². The molecule has 4 nitrogen and oxygen atoms in total. The minimum Gasteiger partial charge on any atom is -0.335 e. The average Bonchev–Trinajstić information content (AvgIpc) is 2.12. The molecule has 0 aliphatic carbocycles. The molecule has 4 heteroatoms. The molecule has 0 saturated carbocycles. The van der Waals surface area contributed by atoms with Crippen LogP contribution >= 0.6 is 0 Å². The van der Waals surface area contributed by atoms with Crippen LogP contribution in [0.5, 0.6) is 0 Å². The molecule has 92 valence electrons. The van der Waals surface area contributed by atoms with Gasteiger partial charge in [-0.3, -0.25) is 0 Å². The Kier molecular flexibility index (Phi) is 5.91. The second kappa shape index (κ2) is 6.39. The lowest BCUT2D eigenvalue weighted by molar-refractivity contribution is 0.180. The first-order valence-corrected chi connectivity index (χ1v) is 5.42. The lowest BCUT2D eigenvalue weighted by Gasteiger charge is -2.34. The summed E-state index contributed by atoms with van der Waals surface area (Å²) in [5.41, 5.74) is 0.0109.